The molecule has 4 nitrogen and oxygen atoms in total. The first kappa shape index (κ1) is 18.0. The van der Waals surface area contributed by atoms with Crippen LogP contribution in [0.4, 0.5) is 5.69 Å². The first-order valence-corrected chi connectivity index (χ1v) is 8.02. The number of Topliss-reactive ketones (excluding diaryl/α,β-unsaturated/α-hetero) is 1. The van der Waals surface area contributed by atoms with Crippen LogP contribution >= 0.6 is 11.6 Å². The number of benzene rings is 2. The summed E-state index contributed by atoms with van der Waals surface area (Å²) in [6, 6.07) is 10.7. The normalized spacial score (nSPS) is 10.3. The average Bonchev–Trinajstić information content (AvgIpc) is 2.55. The molecule has 0 fully saturated rings. The number of nitrogens with one attached hydrogen (secondary N) is 1. The van der Waals surface area contributed by atoms with Gasteiger partial charge in [0.1, 0.15) is 5.75 Å². The average molecular weight is 346 g/mol. The van der Waals surface area contributed by atoms with Gasteiger partial charge >= 0.3 is 0 Å². The Hall–Kier alpha value is -2.33. The summed E-state index contributed by atoms with van der Waals surface area (Å²) >= 11 is 5.93. The third-order valence-electron chi connectivity index (χ3n) is 3.70. The molecule has 1 N–H and O–H groups in total. The van der Waals surface area contributed by atoms with E-state index >= 15 is 0 Å². The number of ether oxygens (including phenoxy) is 1. The van der Waals surface area contributed by atoms with Gasteiger partial charge in [0.05, 0.1) is 12.7 Å². The van der Waals surface area contributed by atoms with Crippen molar-refractivity contribution in [3.05, 3.63) is 58.1 Å². The Kier molecular flexibility index (Phi) is 5.99. The smallest absolute Gasteiger partial charge is 0.224 e. The van der Waals surface area contributed by atoms with Crippen LogP contribution in [-0.4, -0.2) is 18.8 Å². The van der Waals surface area contributed by atoms with Crippen LogP contribution in [0, 0.1) is 13.8 Å². The summed E-state index contributed by atoms with van der Waals surface area (Å²) in [6.45, 7) is 3.93. The molecule has 2 aromatic rings. The fourth-order valence-electron chi connectivity index (χ4n) is 2.43. The second-order valence-corrected chi connectivity index (χ2v) is 6.07. The number of aryl methyl sites for hydroxylation is 2. The molecule has 0 aromatic heterocycles. The molecule has 24 heavy (non-hydrogen) atoms. The van der Waals surface area contributed by atoms with Gasteiger partial charge in [-0.3, -0.25) is 9.59 Å². The highest BCUT2D eigenvalue weighted by atomic mass is 35.5. The van der Waals surface area contributed by atoms with Crippen molar-refractivity contribution < 1.29 is 14.3 Å². The molecule has 0 aliphatic carbocycles. The lowest BCUT2D eigenvalue weighted by Crippen LogP contribution is -2.14. The first-order valence-electron chi connectivity index (χ1n) is 7.64. The van der Waals surface area contributed by atoms with Gasteiger partial charge in [0, 0.05) is 23.6 Å². The van der Waals surface area contributed by atoms with Crippen LogP contribution in [0.15, 0.2) is 36.4 Å². The topological polar surface area (TPSA) is 55.4 Å². The second-order valence-electron chi connectivity index (χ2n) is 5.63. The number of halogens is 1. The van der Waals surface area contributed by atoms with Crippen molar-refractivity contribution in [1.29, 1.82) is 0 Å². The second kappa shape index (κ2) is 7.97. The minimum Gasteiger partial charge on any atom is -0.496 e. The number of carbonyl (C=O) groups is 2. The van der Waals surface area contributed by atoms with Crippen LogP contribution in [0.2, 0.25) is 5.02 Å². The highest BCUT2D eigenvalue weighted by Gasteiger charge is 2.15. The summed E-state index contributed by atoms with van der Waals surface area (Å²) in [4.78, 5) is 24.4. The summed E-state index contributed by atoms with van der Waals surface area (Å²) < 4.78 is 5.17. The number of hydrogen-bond acceptors (Lipinski definition) is 3. The van der Waals surface area contributed by atoms with E-state index in [0.717, 1.165) is 16.8 Å². The van der Waals surface area contributed by atoms with Crippen LogP contribution in [0.3, 0.4) is 0 Å². The summed E-state index contributed by atoms with van der Waals surface area (Å²) in [5.41, 5.74) is 3.28. The number of carbonyl (C=O) groups excluding carboxylic acids is 2. The standard InChI is InChI=1S/C19H20ClNO3/c1-12-4-6-16(13(2)10-12)21-19(23)9-7-17(22)15-11-14(20)5-8-18(15)24-3/h4-6,8,10-11H,7,9H2,1-3H3,(H,21,23). The van der Waals surface area contributed by atoms with Crippen LogP contribution in [0.5, 0.6) is 5.75 Å². The van der Waals surface area contributed by atoms with Gasteiger partial charge < -0.3 is 10.1 Å². The predicted octanol–water partition coefficient (Wildman–Crippen LogP) is 4.57. The molecule has 0 atom stereocenters. The van der Waals surface area contributed by atoms with Gasteiger partial charge in [-0.2, -0.15) is 0 Å². The Balaban J connectivity index is 1.99. The molecule has 0 unspecified atom stereocenters. The van der Waals surface area contributed by atoms with Gasteiger partial charge in [0.25, 0.3) is 0 Å². The lowest BCUT2D eigenvalue weighted by atomic mass is 10.0. The summed E-state index contributed by atoms with van der Waals surface area (Å²) in [5.74, 6) is 0.0839. The lowest BCUT2D eigenvalue weighted by molar-refractivity contribution is -0.116. The Morgan fingerprint density at radius 2 is 1.83 bits per heavy atom. The van der Waals surface area contributed by atoms with E-state index in [9.17, 15) is 9.59 Å². The zero-order valence-corrected chi connectivity index (χ0v) is 14.7. The summed E-state index contributed by atoms with van der Waals surface area (Å²) in [5, 5.41) is 3.29. The maximum absolute atomic E-state index is 12.3. The van der Waals surface area contributed by atoms with E-state index in [1.807, 2.05) is 32.0 Å². The number of methoxy groups -OCH3 is 1. The van der Waals surface area contributed by atoms with Gasteiger partial charge in [-0.25, -0.2) is 0 Å². The van der Waals surface area contributed by atoms with E-state index in [2.05, 4.69) is 5.32 Å². The fourth-order valence-corrected chi connectivity index (χ4v) is 2.60. The maximum Gasteiger partial charge on any atom is 0.224 e. The van der Waals surface area contributed by atoms with Crippen LogP contribution in [-0.2, 0) is 4.79 Å². The molecule has 0 aliphatic heterocycles. The third kappa shape index (κ3) is 4.59. The Morgan fingerprint density at radius 3 is 2.50 bits per heavy atom. The number of ketones is 1. The van der Waals surface area contributed by atoms with Crippen molar-refractivity contribution in [1.82, 2.24) is 0 Å². The van der Waals surface area contributed by atoms with Crippen molar-refractivity contribution >= 4 is 29.0 Å². The summed E-state index contributed by atoms with van der Waals surface area (Å²) in [6.07, 6.45) is 0.190. The van der Waals surface area contributed by atoms with E-state index in [-0.39, 0.29) is 24.5 Å². The molecule has 0 radical (unpaired) electrons. The zero-order chi connectivity index (χ0) is 17.7. The number of hydrogen-bond donors (Lipinski definition) is 1. The van der Waals surface area contributed by atoms with Crippen molar-refractivity contribution in [2.75, 3.05) is 12.4 Å². The third-order valence-corrected chi connectivity index (χ3v) is 3.93. The van der Waals surface area contributed by atoms with E-state index < -0.39 is 0 Å². The minimum atomic E-state index is -0.198. The quantitative estimate of drug-likeness (QED) is 0.780. The van der Waals surface area contributed by atoms with Crippen molar-refractivity contribution in [3.63, 3.8) is 0 Å². The summed E-state index contributed by atoms with van der Waals surface area (Å²) in [7, 11) is 1.49. The zero-order valence-electron chi connectivity index (χ0n) is 14.0. The first-order chi connectivity index (χ1) is 11.4. The van der Waals surface area contributed by atoms with Crippen LogP contribution in [0.1, 0.15) is 34.3 Å². The SMILES string of the molecule is COc1ccc(Cl)cc1C(=O)CCC(=O)Nc1ccc(C)cc1C. The van der Waals surface area contributed by atoms with Crippen molar-refractivity contribution in [3.8, 4) is 5.75 Å². The van der Waals surface area contributed by atoms with E-state index in [0.29, 0.717) is 16.3 Å². The van der Waals surface area contributed by atoms with Gasteiger partial charge in [0.15, 0.2) is 5.78 Å². The van der Waals surface area contributed by atoms with Gasteiger partial charge in [-0.1, -0.05) is 29.3 Å². The highest BCUT2D eigenvalue weighted by molar-refractivity contribution is 6.31. The Labute approximate surface area is 146 Å². The highest BCUT2D eigenvalue weighted by Crippen LogP contribution is 2.24. The van der Waals surface area contributed by atoms with E-state index in [1.165, 1.54) is 7.11 Å². The number of rotatable bonds is 6. The molecular formula is C19H20ClNO3. The Bertz CT molecular complexity index is 771. The van der Waals surface area contributed by atoms with Crippen molar-refractivity contribution in [2.24, 2.45) is 0 Å². The maximum atomic E-state index is 12.3. The lowest BCUT2D eigenvalue weighted by Gasteiger charge is -2.10. The molecule has 126 valence electrons. The molecule has 1 amide bonds. The molecular weight excluding hydrogens is 326 g/mol. The monoisotopic (exact) mass is 345 g/mol. The van der Waals surface area contributed by atoms with Gasteiger partial charge in [-0.05, 0) is 43.7 Å². The predicted molar refractivity (Wildman–Crippen MR) is 96.1 cm³/mol. The van der Waals surface area contributed by atoms with Crippen molar-refractivity contribution in [2.45, 2.75) is 26.7 Å². The molecule has 5 heteroatoms. The van der Waals surface area contributed by atoms with E-state index in [4.69, 9.17) is 16.3 Å². The fraction of sp³-hybridized carbons (Fsp3) is 0.263. The van der Waals surface area contributed by atoms with Crippen LogP contribution in [0.25, 0.3) is 0 Å². The Morgan fingerprint density at radius 1 is 1.08 bits per heavy atom. The molecule has 0 spiro atoms. The van der Waals surface area contributed by atoms with Gasteiger partial charge in [0.2, 0.25) is 5.91 Å². The number of anilines is 1. The molecule has 0 bridgehead atoms. The molecule has 2 aromatic carbocycles. The van der Waals surface area contributed by atoms with Gasteiger partial charge in [-0.15, -0.1) is 0 Å². The molecule has 2 rings (SSSR count). The minimum absolute atomic E-state index is 0.0907. The number of amides is 1. The van der Waals surface area contributed by atoms with E-state index in [1.54, 1.807) is 18.2 Å². The molecule has 0 heterocycles. The molecule has 0 aliphatic rings. The molecule has 0 saturated heterocycles. The van der Waals surface area contributed by atoms with Crippen LogP contribution < -0.4 is 10.1 Å². The largest absolute Gasteiger partial charge is 0.496 e. The molecule has 0 saturated carbocycles.